The van der Waals surface area contributed by atoms with Crippen LogP contribution in [0.25, 0.3) is 0 Å². The summed E-state index contributed by atoms with van der Waals surface area (Å²) < 4.78 is 18.4. The van der Waals surface area contributed by atoms with Gasteiger partial charge in [0.1, 0.15) is 0 Å². The number of carbonyl (C=O) groups excluding carboxylic acids is 1. The SMILES string of the molecule is COc1ccc(C(=O)NCC2CCN(C3CC3)C2)cc1F. The van der Waals surface area contributed by atoms with Gasteiger partial charge in [0.05, 0.1) is 7.11 Å². The lowest BCUT2D eigenvalue weighted by atomic mass is 10.1. The highest BCUT2D eigenvalue weighted by Crippen LogP contribution is 2.31. The van der Waals surface area contributed by atoms with E-state index in [1.54, 1.807) is 6.07 Å². The van der Waals surface area contributed by atoms with Crippen LogP contribution in [0.4, 0.5) is 4.39 Å². The van der Waals surface area contributed by atoms with E-state index in [0.29, 0.717) is 18.0 Å². The number of benzene rings is 1. The third-order valence-electron chi connectivity index (χ3n) is 4.35. The average Bonchev–Trinajstić information content (AvgIpc) is 3.23. The van der Waals surface area contributed by atoms with Crippen molar-refractivity contribution in [1.82, 2.24) is 10.2 Å². The Bertz CT molecular complexity index is 531. The second kappa shape index (κ2) is 6.02. The fraction of sp³-hybridized carbons (Fsp3) is 0.562. The van der Waals surface area contributed by atoms with Crippen molar-refractivity contribution in [2.75, 3.05) is 26.7 Å². The van der Waals surface area contributed by atoms with E-state index < -0.39 is 5.82 Å². The second-order valence-electron chi connectivity index (χ2n) is 5.94. The monoisotopic (exact) mass is 292 g/mol. The Balaban J connectivity index is 1.51. The number of amides is 1. The number of rotatable bonds is 5. The first-order valence-electron chi connectivity index (χ1n) is 7.53. The van der Waals surface area contributed by atoms with Gasteiger partial charge in [-0.3, -0.25) is 4.79 Å². The molecule has 0 bridgehead atoms. The van der Waals surface area contributed by atoms with E-state index in [4.69, 9.17) is 4.74 Å². The molecule has 3 rings (SSSR count). The van der Waals surface area contributed by atoms with Crippen molar-refractivity contribution in [3.05, 3.63) is 29.6 Å². The van der Waals surface area contributed by atoms with Gasteiger partial charge in [-0.1, -0.05) is 0 Å². The van der Waals surface area contributed by atoms with Crippen LogP contribution in [0.15, 0.2) is 18.2 Å². The first kappa shape index (κ1) is 14.3. The maximum absolute atomic E-state index is 13.6. The molecule has 1 aliphatic heterocycles. The molecular weight excluding hydrogens is 271 g/mol. The van der Waals surface area contributed by atoms with Gasteiger partial charge in [0.25, 0.3) is 5.91 Å². The Morgan fingerprint density at radius 1 is 1.43 bits per heavy atom. The first-order chi connectivity index (χ1) is 10.2. The summed E-state index contributed by atoms with van der Waals surface area (Å²) in [7, 11) is 1.41. The summed E-state index contributed by atoms with van der Waals surface area (Å²) in [6, 6.07) is 5.08. The van der Waals surface area contributed by atoms with Crippen molar-refractivity contribution in [2.45, 2.75) is 25.3 Å². The minimum atomic E-state index is -0.508. The molecular formula is C16H21FN2O2. The van der Waals surface area contributed by atoms with Crippen LogP contribution in [0.2, 0.25) is 0 Å². The lowest BCUT2D eigenvalue weighted by Crippen LogP contribution is -2.31. The molecule has 1 unspecified atom stereocenters. The van der Waals surface area contributed by atoms with Gasteiger partial charge < -0.3 is 15.0 Å². The highest BCUT2D eigenvalue weighted by Gasteiger charge is 2.34. The van der Waals surface area contributed by atoms with Crippen molar-refractivity contribution in [1.29, 1.82) is 0 Å². The van der Waals surface area contributed by atoms with Gasteiger partial charge in [0.2, 0.25) is 0 Å². The Hall–Kier alpha value is -1.62. The summed E-state index contributed by atoms with van der Waals surface area (Å²) in [5.41, 5.74) is 0.338. The third-order valence-corrected chi connectivity index (χ3v) is 4.35. The van der Waals surface area contributed by atoms with Gasteiger partial charge in [-0.15, -0.1) is 0 Å². The molecule has 5 heteroatoms. The fourth-order valence-corrected chi connectivity index (χ4v) is 2.95. The van der Waals surface area contributed by atoms with Crippen LogP contribution in [-0.4, -0.2) is 43.6 Å². The van der Waals surface area contributed by atoms with Gasteiger partial charge in [-0.05, 0) is 49.9 Å². The quantitative estimate of drug-likeness (QED) is 0.903. The van der Waals surface area contributed by atoms with Crippen LogP contribution in [0.3, 0.4) is 0 Å². The molecule has 0 spiro atoms. The highest BCUT2D eigenvalue weighted by molar-refractivity contribution is 5.94. The number of hydrogen-bond donors (Lipinski definition) is 1. The molecule has 0 radical (unpaired) electrons. The van der Waals surface area contributed by atoms with Crippen molar-refractivity contribution in [3.8, 4) is 5.75 Å². The van der Waals surface area contributed by atoms with Gasteiger partial charge in [-0.2, -0.15) is 0 Å². The molecule has 1 saturated heterocycles. The Labute approximate surface area is 124 Å². The third kappa shape index (κ3) is 3.35. The van der Waals surface area contributed by atoms with Gasteiger partial charge in [0, 0.05) is 24.7 Å². The van der Waals surface area contributed by atoms with E-state index in [2.05, 4.69) is 10.2 Å². The molecule has 1 N–H and O–H groups in total. The molecule has 1 atom stereocenters. The normalized spacial score (nSPS) is 22.3. The predicted molar refractivity (Wildman–Crippen MR) is 78.0 cm³/mol. The van der Waals surface area contributed by atoms with Gasteiger partial charge in [-0.25, -0.2) is 4.39 Å². The molecule has 21 heavy (non-hydrogen) atoms. The number of ether oxygens (including phenoxy) is 1. The fourth-order valence-electron chi connectivity index (χ4n) is 2.95. The number of carbonyl (C=O) groups is 1. The maximum atomic E-state index is 13.6. The summed E-state index contributed by atoms with van der Waals surface area (Å²) >= 11 is 0. The smallest absolute Gasteiger partial charge is 0.251 e. The molecule has 2 fully saturated rings. The average molecular weight is 292 g/mol. The molecule has 1 heterocycles. The second-order valence-corrected chi connectivity index (χ2v) is 5.94. The van der Waals surface area contributed by atoms with Crippen LogP contribution in [0.5, 0.6) is 5.75 Å². The van der Waals surface area contributed by atoms with Crippen LogP contribution in [0, 0.1) is 11.7 Å². The maximum Gasteiger partial charge on any atom is 0.251 e. The highest BCUT2D eigenvalue weighted by atomic mass is 19.1. The zero-order chi connectivity index (χ0) is 14.8. The lowest BCUT2D eigenvalue weighted by Gasteiger charge is -2.15. The summed E-state index contributed by atoms with van der Waals surface area (Å²) in [5, 5.41) is 2.91. The van der Waals surface area contributed by atoms with Crippen LogP contribution in [0.1, 0.15) is 29.6 Å². The Morgan fingerprint density at radius 2 is 2.24 bits per heavy atom. The van der Waals surface area contributed by atoms with E-state index in [0.717, 1.165) is 25.6 Å². The molecule has 4 nitrogen and oxygen atoms in total. The van der Waals surface area contributed by atoms with E-state index in [-0.39, 0.29) is 11.7 Å². The summed E-state index contributed by atoms with van der Waals surface area (Å²) in [6.45, 7) is 2.87. The first-order valence-corrected chi connectivity index (χ1v) is 7.53. The zero-order valence-electron chi connectivity index (χ0n) is 12.3. The molecule has 2 aliphatic rings. The molecule has 0 aromatic heterocycles. The number of methoxy groups -OCH3 is 1. The Morgan fingerprint density at radius 3 is 2.90 bits per heavy atom. The molecule has 1 aliphatic carbocycles. The molecule has 1 aromatic rings. The van der Waals surface area contributed by atoms with E-state index in [9.17, 15) is 9.18 Å². The minimum absolute atomic E-state index is 0.155. The topological polar surface area (TPSA) is 41.6 Å². The summed E-state index contributed by atoms with van der Waals surface area (Å²) in [4.78, 5) is 14.6. The van der Waals surface area contributed by atoms with Crippen molar-refractivity contribution < 1.29 is 13.9 Å². The number of likely N-dealkylation sites (tertiary alicyclic amines) is 1. The van der Waals surface area contributed by atoms with E-state index in [1.165, 1.54) is 32.1 Å². The van der Waals surface area contributed by atoms with Crippen molar-refractivity contribution >= 4 is 5.91 Å². The number of hydrogen-bond acceptors (Lipinski definition) is 3. The van der Waals surface area contributed by atoms with Crippen molar-refractivity contribution in [2.24, 2.45) is 5.92 Å². The molecule has 1 saturated carbocycles. The largest absolute Gasteiger partial charge is 0.494 e. The zero-order valence-corrected chi connectivity index (χ0v) is 12.3. The molecule has 114 valence electrons. The van der Waals surface area contributed by atoms with Crippen LogP contribution >= 0.6 is 0 Å². The standard InChI is InChI=1S/C16H21FN2O2/c1-21-15-5-2-12(8-14(15)17)16(20)18-9-11-6-7-19(10-11)13-3-4-13/h2,5,8,11,13H,3-4,6-7,9-10H2,1H3,(H,18,20). The predicted octanol–water partition coefficient (Wildman–Crippen LogP) is 2.05. The Kier molecular flexibility index (Phi) is 4.10. The minimum Gasteiger partial charge on any atom is -0.494 e. The van der Waals surface area contributed by atoms with Crippen LogP contribution in [-0.2, 0) is 0 Å². The summed E-state index contributed by atoms with van der Waals surface area (Å²) in [5.74, 6) is -0.0626. The summed E-state index contributed by atoms with van der Waals surface area (Å²) in [6.07, 6.45) is 3.78. The van der Waals surface area contributed by atoms with E-state index >= 15 is 0 Å². The molecule has 1 aromatic carbocycles. The van der Waals surface area contributed by atoms with Crippen molar-refractivity contribution in [3.63, 3.8) is 0 Å². The van der Waals surface area contributed by atoms with Crippen LogP contribution < -0.4 is 10.1 Å². The number of nitrogens with one attached hydrogen (secondary N) is 1. The van der Waals surface area contributed by atoms with Gasteiger partial charge >= 0.3 is 0 Å². The molecule has 1 amide bonds. The number of halogens is 1. The van der Waals surface area contributed by atoms with Gasteiger partial charge in [0.15, 0.2) is 11.6 Å². The number of nitrogens with zero attached hydrogens (tertiary/aromatic N) is 1. The van der Waals surface area contributed by atoms with E-state index in [1.807, 2.05) is 0 Å². The lowest BCUT2D eigenvalue weighted by molar-refractivity contribution is 0.0947.